The van der Waals surface area contributed by atoms with Gasteiger partial charge in [-0.25, -0.2) is 27.0 Å². The molecule has 0 amide bonds. The second-order valence-electron chi connectivity index (χ2n) is 8.68. The molecule has 38 heavy (non-hydrogen) atoms. The van der Waals surface area contributed by atoms with Crippen LogP contribution in [0.1, 0.15) is 20.8 Å². The summed E-state index contributed by atoms with van der Waals surface area (Å²) in [7, 11) is -4.63. The monoisotopic (exact) mass is 586 g/mol. The Morgan fingerprint density at radius 3 is 2.47 bits per heavy atom. The van der Waals surface area contributed by atoms with Crippen molar-refractivity contribution in [1.82, 2.24) is 14.8 Å². The van der Waals surface area contributed by atoms with Crippen LogP contribution in [0.3, 0.4) is 0 Å². The summed E-state index contributed by atoms with van der Waals surface area (Å²) < 4.78 is 81.5. The number of hydrogen-bond acceptors (Lipinski definition) is 8. The number of rotatable bonds is 6. The third kappa shape index (κ3) is 6.26. The zero-order chi connectivity index (χ0) is 27.8. The van der Waals surface area contributed by atoms with Crippen LogP contribution in [-0.2, 0) is 14.8 Å². The normalized spacial score (nSPS) is 11.9. The van der Waals surface area contributed by atoms with Crippen LogP contribution >= 0.6 is 22.9 Å². The van der Waals surface area contributed by atoms with Crippen LogP contribution in [0.4, 0.5) is 23.1 Å². The van der Waals surface area contributed by atoms with Crippen molar-refractivity contribution in [3.8, 4) is 22.6 Å². The van der Waals surface area contributed by atoms with Gasteiger partial charge < -0.3 is 9.47 Å². The molecule has 15 heteroatoms. The topological polar surface area (TPSA) is 112 Å². The first kappa shape index (κ1) is 27.4. The fraction of sp³-hybridized carbons (Fsp3) is 0.174. The third-order valence-corrected chi connectivity index (χ3v) is 7.03. The molecule has 0 aliphatic rings. The Morgan fingerprint density at radius 2 is 1.82 bits per heavy atom. The molecule has 0 atom stereocenters. The first-order chi connectivity index (χ1) is 17.7. The standard InChI is InChI=1S/C23H18ClF3N4O5S2/c1-23(2,3)36-22(32)31-11-12(9-29-31)14-6-13(24)4-5-17(14)35-18-7-16(26)19(8-15(18)25)38(33,34)30-21-28-10-20(27)37-21/h4-11H,1-3H3,(H,28,30). The average Bonchev–Trinajstić information content (AvgIpc) is 3.45. The van der Waals surface area contributed by atoms with Crippen LogP contribution in [0.25, 0.3) is 11.1 Å². The molecular formula is C23H18ClF3N4O5S2. The number of carbonyl (C=O) groups excluding carboxylic acids is 1. The fourth-order valence-corrected chi connectivity index (χ4v) is 5.10. The smallest absolute Gasteiger partial charge is 0.435 e. The molecule has 2 heterocycles. The van der Waals surface area contributed by atoms with Gasteiger partial charge >= 0.3 is 6.09 Å². The van der Waals surface area contributed by atoms with Crippen LogP contribution in [0.5, 0.6) is 11.5 Å². The average molecular weight is 587 g/mol. The summed E-state index contributed by atoms with van der Waals surface area (Å²) in [5.74, 6) is -3.17. The fourth-order valence-electron chi connectivity index (χ4n) is 3.07. The predicted molar refractivity (Wildman–Crippen MR) is 134 cm³/mol. The van der Waals surface area contributed by atoms with E-state index in [0.717, 1.165) is 10.9 Å². The molecule has 0 radical (unpaired) electrons. The van der Waals surface area contributed by atoms with Crippen molar-refractivity contribution in [3.63, 3.8) is 0 Å². The number of ether oxygens (including phenoxy) is 2. The number of nitrogens with one attached hydrogen (secondary N) is 1. The van der Waals surface area contributed by atoms with Gasteiger partial charge in [0.1, 0.15) is 22.1 Å². The number of hydrogen-bond donors (Lipinski definition) is 1. The molecule has 2 aromatic heterocycles. The Bertz CT molecular complexity index is 1630. The van der Waals surface area contributed by atoms with Crippen molar-refractivity contribution in [3.05, 3.63) is 70.7 Å². The summed E-state index contributed by atoms with van der Waals surface area (Å²) in [6.45, 7) is 5.08. The molecule has 2 aromatic carbocycles. The summed E-state index contributed by atoms with van der Waals surface area (Å²) in [4.78, 5) is 14.8. The van der Waals surface area contributed by atoms with E-state index in [4.69, 9.17) is 21.1 Å². The Hall–Kier alpha value is -3.62. The molecule has 9 nitrogen and oxygen atoms in total. The molecule has 0 spiro atoms. The molecule has 0 bridgehead atoms. The van der Waals surface area contributed by atoms with E-state index in [9.17, 15) is 26.4 Å². The highest BCUT2D eigenvalue weighted by atomic mass is 35.5. The molecular weight excluding hydrogens is 569 g/mol. The van der Waals surface area contributed by atoms with Crippen molar-refractivity contribution >= 4 is 44.2 Å². The number of carbonyl (C=O) groups is 1. The summed E-state index contributed by atoms with van der Waals surface area (Å²) in [6.07, 6.45) is 2.69. The Morgan fingerprint density at radius 1 is 1.08 bits per heavy atom. The lowest BCUT2D eigenvalue weighted by molar-refractivity contribution is 0.0514. The summed E-state index contributed by atoms with van der Waals surface area (Å²) in [5, 5.41) is 3.11. The van der Waals surface area contributed by atoms with Crippen molar-refractivity contribution in [2.24, 2.45) is 0 Å². The van der Waals surface area contributed by atoms with Gasteiger partial charge in [-0.2, -0.15) is 14.2 Å². The van der Waals surface area contributed by atoms with E-state index in [0.29, 0.717) is 29.0 Å². The van der Waals surface area contributed by atoms with Gasteiger partial charge in [0, 0.05) is 34.5 Å². The molecule has 4 rings (SSSR count). The highest BCUT2D eigenvalue weighted by Gasteiger charge is 2.25. The largest absolute Gasteiger partial charge is 0.454 e. The molecule has 0 fully saturated rings. The maximum Gasteiger partial charge on any atom is 0.435 e. The van der Waals surface area contributed by atoms with Gasteiger partial charge in [-0.15, -0.1) is 0 Å². The number of halogens is 4. The minimum atomic E-state index is -4.63. The highest BCUT2D eigenvalue weighted by molar-refractivity contribution is 7.93. The first-order valence-corrected chi connectivity index (χ1v) is 13.3. The van der Waals surface area contributed by atoms with Crippen molar-refractivity contribution in [2.45, 2.75) is 31.3 Å². The van der Waals surface area contributed by atoms with Crippen LogP contribution < -0.4 is 9.46 Å². The summed E-state index contributed by atoms with van der Waals surface area (Å²) >= 11 is 6.49. The van der Waals surface area contributed by atoms with E-state index in [1.165, 1.54) is 30.6 Å². The first-order valence-electron chi connectivity index (χ1n) is 10.6. The zero-order valence-electron chi connectivity index (χ0n) is 19.8. The van der Waals surface area contributed by atoms with E-state index in [1.54, 1.807) is 20.8 Å². The highest BCUT2D eigenvalue weighted by Crippen LogP contribution is 2.37. The molecule has 4 aromatic rings. The molecule has 200 valence electrons. The second-order valence-corrected chi connectivity index (χ2v) is 11.8. The van der Waals surface area contributed by atoms with E-state index >= 15 is 0 Å². The zero-order valence-corrected chi connectivity index (χ0v) is 22.2. The van der Waals surface area contributed by atoms with Crippen molar-refractivity contribution < 1.29 is 35.9 Å². The predicted octanol–water partition coefficient (Wildman–Crippen LogP) is 6.45. The maximum atomic E-state index is 14.9. The van der Waals surface area contributed by atoms with E-state index < -0.39 is 49.1 Å². The van der Waals surface area contributed by atoms with Crippen molar-refractivity contribution in [2.75, 3.05) is 4.72 Å². The van der Waals surface area contributed by atoms with E-state index in [1.807, 2.05) is 4.72 Å². The lowest BCUT2D eigenvalue weighted by Gasteiger charge is -2.18. The summed E-state index contributed by atoms with van der Waals surface area (Å²) in [6, 6.07) is 5.24. The van der Waals surface area contributed by atoms with Gasteiger partial charge in [0.15, 0.2) is 21.8 Å². The quantitative estimate of drug-likeness (QED) is 0.276. The van der Waals surface area contributed by atoms with Crippen molar-refractivity contribution in [1.29, 1.82) is 0 Å². The Labute approximate surface area is 223 Å². The molecule has 0 unspecified atom stereocenters. The minimum Gasteiger partial charge on any atom is -0.454 e. The van der Waals surface area contributed by atoms with E-state index in [2.05, 4.69) is 10.1 Å². The number of sulfonamides is 1. The SMILES string of the molecule is CC(C)(C)OC(=O)n1cc(-c2cc(Cl)ccc2Oc2cc(F)c(S(=O)(=O)Nc3ncc(F)s3)cc2F)cn1. The molecule has 0 aliphatic heterocycles. The number of thiazole rings is 1. The maximum absolute atomic E-state index is 14.9. The van der Waals surface area contributed by atoms with Gasteiger partial charge in [-0.05, 0) is 39.0 Å². The number of nitrogens with zero attached hydrogens (tertiary/aromatic N) is 3. The molecule has 0 aliphatic carbocycles. The van der Waals surface area contributed by atoms with Crippen LogP contribution in [0.2, 0.25) is 5.02 Å². The number of anilines is 1. The van der Waals surface area contributed by atoms with Gasteiger partial charge in [0.25, 0.3) is 10.0 Å². The van der Waals surface area contributed by atoms with Gasteiger partial charge in [0.05, 0.1) is 12.4 Å². The lowest BCUT2D eigenvalue weighted by Crippen LogP contribution is -2.27. The number of benzene rings is 2. The Kier molecular flexibility index (Phi) is 7.41. The van der Waals surface area contributed by atoms with Crippen LogP contribution in [0, 0.1) is 16.8 Å². The molecule has 0 saturated heterocycles. The van der Waals surface area contributed by atoms with Gasteiger partial charge in [-0.1, -0.05) is 22.9 Å². The van der Waals surface area contributed by atoms with Crippen LogP contribution in [-0.4, -0.2) is 34.9 Å². The molecule has 1 N–H and O–H groups in total. The van der Waals surface area contributed by atoms with Gasteiger partial charge in [-0.3, -0.25) is 4.72 Å². The van der Waals surface area contributed by atoms with Gasteiger partial charge in [0.2, 0.25) is 0 Å². The van der Waals surface area contributed by atoms with Crippen LogP contribution in [0.15, 0.2) is 53.8 Å². The minimum absolute atomic E-state index is 0.00318. The lowest BCUT2D eigenvalue weighted by atomic mass is 10.1. The second kappa shape index (κ2) is 10.3. The summed E-state index contributed by atoms with van der Waals surface area (Å²) in [5.41, 5.74) is -0.148. The third-order valence-electron chi connectivity index (χ3n) is 4.61. The molecule has 0 saturated carbocycles. The Balaban J connectivity index is 1.64. The van der Waals surface area contributed by atoms with E-state index in [-0.39, 0.29) is 21.5 Å². The number of aromatic nitrogens is 3.